The van der Waals surface area contributed by atoms with Gasteiger partial charge in [-0.25, -0.2) is 0 Å². The Kier molecular flexibility index (Phi) is 9.64. The number of hydrazine groups is 1. The fourth-order valence-electron chi connectivity index (χ4n) is 2.14. The summed E-state index contributed by atoms with van der Waals surface area (Å²) < 4.78 is 0. The van der Waals surface area contributed by atoms with Crippen molar-refractivity contribution in [2.75, 3.05) is 6.54 Å². The maximum Gasteiger partial charge on any atom is 0.238 e. The van der Waals surface area contributed by atoms with Crippen LogP contribution in [0.25, 0.3) is 0 Å². The molecule has 0 aliphatic heterocycles. The van der Waals surface area contributed by atoms with E-state index < -0.39 is 0 Å². The molecule has 128 valence electrons. The fourth-order valence-corrected chi connectivity index (χ4v) is 2.53. The second kappa shape index (κ2) is 11.2. The number of benzene rings is 1. The molecule has 1 atom stereocenters. The van der Waals surface area contributed by atoms with Crippen LogP contribution in [0.5, 0.6) is 0 Å². The summed E-state index contributed by atoms with van der Waals surface area (Å²) in [6.07, 6.45) is 4.32. The van der Waals surface area contributed by atoms with Gasteiger partial charge in [-0.2, -0.15) is 0 Å². The van der Waals surface area contributed by atoms with Gasteiger partial charge in [-0.3, -0.25) is 15.6 Å². The molecular formula is C17H26ClN3OS. The largest absolute Gasteiger partial charge is 0.360 e. The molecule has 0 saturated heterocycles. The van der Waals surface area contributed by atoms with E-state index in [0.29, 0.717) is 18.1 Å². The summed E-state index contributed by atoms with van der Waals surface area (Å²) in [4.78, 5) is 11.5. The van der Waals surface area contributed by atoms with Crippen molar-refractivity contribution in [1.29, 1.82) is 0 Å². The Labute approximate surface area is 149 Å². The summed E-state index contributed by atoms with van der Waals surface area (Å²) in [7, 11) is 0. The summed E-state index contributed by atoms with van der Waals surface area (Å²) >= 11 is 11.4. The molecule has 0 aliphatic carbocycles. The number of hydrogen-bond acceptors (Lipinski definition) is 2. The molecular weight excluding hydrogens is 330 g/mol. The van der Waals surface area contributed by atoms with Crippen molar-refractivity contribution in [3.8, 4) is 0 Å². The first-order valence-corrected chi connectivity index (χ1v) is 8.88. The number of halogens is 1. The van der Waals surface area contributed by atoms with Crippen molar-refractivity contribution in [1.82, 2.24) is 16.2 Å². The summed E-state index contributed by atoms with van der Waals surface area (Å²) in [5.74, 6) is -0.0511. The van der Waals surface area contributed by atoms with Crippen LogP contribution in [0, 0.1) is 6.92 Å². The zero-order valence-electron chi connectivity index (χ0n) is 13.8. The molecule has 1 rings (SSSR count). The summed E-state index contributed by atoms with van der Waals surface area (Å²) in [5, 5.41) is 3.32. The second-order valence-corrected chi connectivity index (χ2v) is 6.66. The first-order valence-electron chi connectivity index (χ1n) is 8.03. The van der Waals surface area contributed by atoms with E-state index in [0.717, 1.165) is 25.7 Å². The van der Waals surface area contributed by atoms with Crippen molar-refractivity contribution < 1.29 is 4.79 Å². The molecule has 0 saturated carbocycles. The highest BCUT2D eigenvalue weighted by molar-refractivity contribution is 7.80. The van der Waals surface area contributed by atoms with Crippen LogP contribution in [-0.4, -0.2) is 22.9 Å². The quantitative estimate of drug-likeness (QED) is 0.290. The first kappa shape index (κ1) is 19.7. The molecule has 0 bridgehead atoms. The standard InChI is InChI=1S/C17H26ClN3OS/c1-3-4-5-9-16(22)20-21-17(23)19-12-15(18)11-14-8-6-7-13(2)10-14/h6-8,10,15H,3-5,9,11-12H2,1-2H3,(H,20,22)(H2,19,21,23)/t15-/m1/s1. The molecule has 1 aromatic carbocycles. The minimum Gasteiger partial charge on any atom is -0.360 e. The van der Waals surface area contributed by atoms with Gasteiger partial charge < -0.3 is 5.32 Å². The van der Waals surface area contributed by atoms with E-state index in [1.165, 1.54) is 11.1 Å². The smallest absolute Gasteiger partial charge is 0.238 e. The van der Waals surface area contributed by atoms with Gasteiger partial charge in [0, 0.05) is 13.0 Å². The Hall–Kier alpha value is -1.33. The number of rotatable bonds is 8. The lowest BCUT2D eigenvalue weighted by Gasteiger charge is -2.14. The van der Waals surface area contributed by atoms with Crippen LogP contribution in [0.4, 0.5) is 0 Å². The van der Waals surface area contributed by atoms with E-state index in [-0.39, 0.29) is 11.3 Å². The molecule has 3 N–H and O–H groups in total. The monoisotopic (exact) mass is 355 g/mol. The topological polar surface area (TPSA) is 53.2 Å². The van der Waals surface area contributed by atoms with Gasteiger partial charge in [0.15, 0.2) is 5.11 Å². The van der Waals surface area contributed by atoms with Gasteiger partial charge in [-0.15, -0.1) is 11.6 Å². The minimum absolute atomic E-state index is 0.0511. The van der Waals surface area contributed by atoms with Gasteiger partial charge in [0.2, 0.25) is 5.91 Å². The fraction of sp³-hybridized carbons (Fsp3) is 0.529. The Balaban J connectivity index is 2.18. The average Bonchev–Trinajstić information content (AvgIpc) is 2.51. The Morgan fingerprint density at radius 2 is 2.09 bits per heavy atom. The minimum atomic E-state index is -0.0724. The summed E-state index contributed by atoms with van der Waals surface area (Å²) in [6.45, 7) is 4.70. The normalized spacial score (nSPS) is 11.6. The SMILES string of the molecule is CCCCCC(=O)NNC(=S)NC[C@H](Cl)Cc1cccc(C)c1. The third-order valence-corrected chi connectivity index (χ3v) is 3.90. The molecule has 0 radical (unpaired) electrons. The molecule has 1 aromatic rings. The van der Waals surface area contributed by atoms with Crippen LogP contribution in [-0.2, 0) is 11.2 Å². The molecule has 0 spiro atoms. The lowest BCUT2D eigenvalue weighted by molar-refractivity contribution is -0.121. The highest BCUT2D eigenvalue weighted by Gasteiger charge is 2.07. The number of alkyl halides is 1. The predicted molar refractivity (Wildman–Crippen MR) is 101 cm³/mol. The van der Waals surface area contributed by atoms with Crippen LogP contribution < -0.4 is 16.2 Å². The van der Waals surface area contributed by atoms with Gasteiger partial charge in [-0.05, 0) is 37.5 Å². The van der Waals surface area contributed by atoms with E-state index in [9.17, 15) is 4.79 Å². The molecule has 6 heteroatoms. The Morgan fingerprint density at radius 3 is 2.78 bits per heavy atom. The van der Waals surface area contributed by atoms with Gasteiger partial charge in [0.1, 0.15) is 0 Å². The molecule has 0 unspecified atom stereocenters. The van der Waals surface area contributed by atoms with Crippen molar-refractivity contribution in [3.63, 3.8) is 0 Å². The van der Waals surface area contributed by atoms with Gasteiger partial charge >= 0.3 is 0 Å². The number of unbranched alkanes of at least 4 members (excludes halogenated alkanes) is 2. The first-order chi connectivity index (χ1) is 11.0. The maximum absolute atomic E-state index is 11.5. The summed E-state index contributed by atoms with van der Waals surface area (Å²) in [5.41, 5.74) is 7.71. The van der Waals surface area contributed by atoms with Crippen molar-refractivity contribution >= 4 is 34.8 Å². The van der Waals surface area contributed by atoms with Crippen LogP contribution >= 0.6 is 23.8 Å². The molecule has 0 fully saturated rings. The van der Waals surface area contributed by atoms with E-state index in [2.05, 4.69) is 48.2 Å². The number of carbonyl (C=O) groups is 1. The predicted octanol–water partition coefficient (Wildman–Crippen LogP) is 3.22. The number of aryl methyl sites for hydroxylation is 1. The van der Waals surface area contributed by atoms with E-state index >= 15 is 0 Å². The third-order valence-electron chi connectivity index (χ3n) is 3.35. The number of nitrogens with one attached hydrogen (secondary N) is 3. The molecule has 1 amide bonds. The van der Waals surface area contributed by atoms with Crippen molar-refractivity contribution in [2.24, 2.45) is 0 Å². The average molecular weight is 356 g/mol. The van der Waals surface area contributed by atoms with E-state index in [1.807, 2.05) is 6.07 Å². The summed E-state index contributed by atoms with van der Waals surface area (Å²) in [6, 6.07) is 8.28. The number of amides is 1. The number of hydrogen-bond donors (Lipinski definition) is 3. The number of carbonyl (C=O) groups excluding carboxylic acids is 1. The lowest BCUT2D eigenvalue weighted by atomic mass is 10.1. The zero-order chi connectivity index (χ0) is 17.1. The van der Waals surface area contributed by atoms with Gasteiger partial charge in [0.25, 0.3) is 0 Å². The molecule has 4 nitrogen and oxygen atoms in total. The Bertz CT molecular complexity index is 510. The lowest BCUT2D eigenvalue weighted by Crippen LogP contribution is -2.48. The highest BCUT2D eigenvalue weighted by atomic mass is 35.5. The number of thiocarbonyl (C=S) groups is 1. The molecule has 0 heterocycles. The molecule has 0 aliphatic rings. The van der Waals surface area contributed by atoms with Crippen LogP contribution in [0.3, 0.4) is 0 Å². The second-order valence-electron chi connectivity index (χ2n) is 5.63. The van der Waals surface area contributed by atoms with Crippen LogP contribution in [0.1, 0.15) is 43.7 Å². The van der Waals surface area contributed by atoms with Gasteiger partial charge in [-0.1, -0.05) is 49.6 Å². The van der Waals surface area contributed by atoms with Crippen LogP contribution in [0.2, 0.25) is 0 Å². The van der Waals surface area contributed by atoms with E-state index in [4.69, 9.17) is 23.8 Å². The zero-order valence-corrected chi connectivity index (χ0v) is 15.4. The van der Waals surface area contributed by atoms with Crippen molar-refractivity contribution in [2.45, 2.75) is 51.3 Å². The van der Waals surface area contributed by atoms with E-state index in [1.54, 1.807) is 0 Å². The molecule has 23 heavy (non-hydrogen) atoms. The van der Waals surface area contributed by atoms with Gasteiger partial charge in [0.05, 0.1) is 5.38 Å². The Morgan fingerprint density at radius 1 is 1.30 bits per heavy atom. The van der Waals surface area contributed by atoms with Crippen molar-refractivity contribution in [3.05, 3.63) is 35.4 Å². The van der Waals surface area contributed by atoms with Crippen LogP contribution in [0.15, 0.2) is 24.3 Å². The third kappa shape index (κ3) is 9.41. The highest BCUT2D eigenvalue weighted by Crippen LogP contribution is 2.09. The maximum atomic E-state index is 11.5. The molecule has 0 aromatic heterocycles.